The van der Waals surface area contributed by atoms with Crippen molar-refractivity contribution in [1.82, 2.24) is 20.2 Å². The zero-order valence-electron chi connectivity index (χ0n) is 12.9. The summed E-state index contributed by atoms with van der Waals surface area (Å²) in [6, 6.07) is 4.66. The zero-order chi connectivity index (χ0) is 16.1. The van der Waals surface area contributed by atoms with E-state index in [1.54, 1.807) is 25.3 Å². The molecule has 0 spiro atoms. The molecule has 1 amide bonds. The van der Waals surface area contributed by atoms with Gasteiger partial charge in [-0.25, -0.2) is 0 Å². The number of aromatic nitrogens is 4. The van der Waals surface area contributed by atoms with E-state index in [2.05, 4.69) is 20.8 Å². The number of ether oxygens (including phenoxy) is 1. The second kappa shape index (κ2) is 6.99. The van der Waals surface area contributed by atoms with Crippen molar-refractivity contribution in [1.29, 1.82) is 0 Å². The van der Waals surface area contributed by atoms with Crippen molar-refractivity contribution in [3.8, 4) is 11.4 Å². The minimum atomic E-state index is -0.552. The summed E-state index contributed by atoms with van der Waals surface area (Å²) in [7, 11) is 1.56. The Morgan fingerprint density at radius 2 is 2.27 bits per heavy atom. The maximum Gasteiger partial charge on any atom is 0.241 e. The predicted molar refractivity (Wildman–Crippen MR) is 81.8 cm³/mol. The molecule has 0 radical (unpaired) electrons. The molecule has 0 bridgehead atoms. The molecule has 118 valence electrons. The molecule has 8 heteroatoms. The summed E-state index contributed by atoms with van der Waals surface area (Å²) in [6.07, 6.45) is 2.29. The molecule has 0 aliphatic carbocycles. The summed E-state index contributed by atoms with van der Waals surface area (Å²) in [5.41, 5.74) is 7.17. The quantitative estimate of drug-likeness (QED) is 0.823. The maximum absolute atomic E-state index is 12.2. The highest BCUT2D eigenvalue weighted by Crippen LogP contribution is 2.25. The van der Waals surface area contributed by atoms with Gasteiger partial charge in [0.05, 0.1) is 13.2 Å². The Bertz CT molecular complexity index is 628. The van der Waals surface area contributed by atoms with Crippen LogP contribution in [0.1, 0.15) is 20.3 Å². The Hall–Kier alpha value is -2.48. The number of methoxy groups -OCH3 is 1. The molecule has 0 fully saturated rings. The summed E-state index contributed by atoms with van der Waals surface area (Å²) in [6.45, 7) is 3.95. The van der Waals surface area contributed by atoms with Gasteiger partial charge >= 0.3 is 0 Å². The summed E-state index contributed by atoms with van der Waals surface area (Å²) in [5.74, 6) is 0.482. The largest absolute Gasteiger partial charge is 0.494 e. The Morgan fingerprint density at radius 3 is 2.86 bits per heavy atom. The highest BCUT2D eigenvalue weighted by molar-refractivity contribution is 5.95. The molecule has 0 saturated heterocycles. The Labute approximate surface area is 128 Å². The van der Waals surface area contributed by atoms with Gasteiger partial charge in [-0.1, -0.05) is 20.3 Å². The number of rotatable bonds is 6. The van der Waals surface area contributed by atoms with E-state index in [0.717, 1.165) is 6.42 Å². The van der Waals surface area contributed by atoms with Crippen LogP contribution in [-0.2, 0) is 4.79 Å². The number of amides is 1. The van der Waals surface area contributed by atoms with Crippen molar-refractivity contribution < 1.29 is 9.53 Å². The van der Waals surface area contributed by atoms with E-state index >= 15 is 0 Å². The van der Waals surface area contributed by atoms with Crippen LogP contribution < -0.4 is 15.8 Å². The number of tetrazole rings is 1. The third-order valence-electron chi connectivity index (χ3n) is 3.60. The molecule has 1 aromatic carbocycles. The second-order valence-corrected chi connectivity index (χ2v) is 5.04. The van der Waals surface area contributed by atoms with Crippen molar-refractivity contribution in [3.05, 3.63) is 24.5 Å². The number of benzene rings is 1. The number of carbonyl (C=O) groups excluding carboxylic acids is 1. The molecular formula is C14H20N6O2. The lowest BCUT2D eigenvalue weighted by Gasteiger charge is -2.18. The molecule has 2 rings (SSSR count). The molecule has 1 aromatic heterocycles. The number of nitrogens with one attached hydrogen (secondary N) is 1. The minimum absolute atomic E-state index is 0.109. The van der Waals surface area contributed by atoms with Crippen LogP contribution in [0, 0.1) is 5.92 Å². The third kappa shape index (κ3) is 3.40. The van der Waals surface area contributed by atoms with Crippen molar-refractivity contribution in [2.24, 2.45) is 11.7 Å². The molecule has 2 unspecified atom stereocenters. The van der Waals surface area contributed by atoms with Gasteiger partial charge in [0.1, 0.15) is 17.8 Å². The first kappa shape index (κ1) is 15.9. The topological polar surface area (TPSA) is 108 Å². The lowest BCUT2D eigenvalue weighted by atomic mass is 9.99. The second-order valence-electron chi connectivity index (χ2n) is 5.04. The van der Waals surface area contributed by atoms with Crippen LogP contribution in [0.25, 0.3) is 5.69 Å². The molecular weight excluding hydrogens is 284 g/mol. The van der Waals surface area contributed by atoms with Gasteiger partial charge in [0.2, 0.25) is 5.91 Å². The SMILES string of the molecule is CCC(C)C(N)C(=O)Nc1ccc(OC)c(-n2cnnn2)c1. The van der Waals surface area contributed by atoms with Crippen molar-refractivity contribution >= 4 is 11.6 Å². The minimum Gasteiger partial charge on any atom is -0.494 e. The molecule has 1 heterocycles. The van der Waals surface area contributed by atoms with Gasteiger partial charge in [0.15, 0.2) is 0 Å². The van der Waals surface area contributed by atoms with E-state index in [-0.39, 0.29) is 11.8 Å². The Morgan fingerprint density at radius 1 is 1.50 bits per heavy atom. The Balaban J connectivity index is 2.23. The van der Waals surface area contributed by atoms with Crippen LogP contribution in [0.4, 0.5) is 5.69 Å². The first-order valence-corrected chi connectivity index (χ1v) is 7.04. The molecule has 0 aliphatic heterocycles. The normalized spacial score (nSPS) is 13.5. The summed E-state index contributed by atoms with van der Waals surface area (Å²) >= 11 is 0. The van der Waals surface area contributed by atoms with E-state index in [1.165, 1.54) is 11.0 Å². The lowest BCUT2D eigenvalue weighted by Crippen LogP contribution is -2.40. The summed E-state index contributed by atoms with van der Waals surface area (Å²) < 4.78 is 6.74. The lowest BCUT2D eigenvalue weighted by molar-refractivity contribution is -0.118. The number of anilines is 1. The van der Waals surface area contributed by atoms with Crippen LogP contribution in [0.2, 0.25) is 0 Å². The zero-order valence-corrected chi connectivity index (χ0v) is 12.9. The van der Waals surface area contributed by atoms with E-state index < -0.39 is 6.04 Å². The molecule has 3 N–H and O–H groups in total. The standard InChI is InChI=1S/C14H20N6O2/c1-4-9(2)13(15)14(21)17-10-5-6-12(22-3)11(7-10)20-8-16-18-19-20/h5-9,13H,4,15H2,1-3H3,(H,17,21). The molecule has 2 aromatic rings. The molecule has 2 atom stereocenters. The average molecular weight is 304 g/mol. The van der Waals surface area contributed by atoms with E-state index in [9.17, 15) is 4.79 Å². The fraction of sp³-hybridized carbons (Fsp3) is 0.429. The van der Waals surface area contributed by atoms with Crippen LogP contribution in [0.5, 0.6) is 5.75 Å². The number of carbonyl (C=O) groups is 1. The number of nitrogens with zero attached hydrogens (tertiary/aromatic N) is 4. The van der Waals surface area contributed by atoms with Gasteiger partial charge in [-0.15, -0.1) is 5.10 Å². The maximum atomic E-state index is 12.2. The van der Waals surface area contributed by atoms with Crippen LogP contribution in [0.15, 0.2) is 24.5 Å². The predicted octanol–water partition coefficient (Wildman–Crippen LogP) is 0.983. The number of hydrogen-bond acceptors (Lipinski definition) is 6. The number of hydrogen-bond donors (Lipinski definition) is 2. The van der Waals surface area contributed by atoms with Gasteiger partial charge in [-0.3, -0.25) is 4.79 Å². The molecule has 22 heavy (non-hydrogen) atoms. The van der Waals surface area contributed by atoms with Crippen LogP contribution in [-0.4, -0.2) is 39.3 Å². The summed E-state index contributed by atoms with van der Waals surface area (Å²) in [4.78, 5) is 12.2. The van der Waals surface area contributed by atoms with Gasteiger partial charge in [-0.05, 0) is 34.5 Å². The van der Waals surface area contributed by atoms with Crippen molar-refractivity contribution in [2.45, 2.75) is 26.3 Å². The molecule has 0 aliphatic rings. The number of nitrogens with two attached hydrogens (primary N) is 1. The van der Waals surface area contributed by atoms with Crippen molar-refractivity contribution in [3.63, 3.8) is 0 Å². The van der Waals surface area contributed by atoms with E-state index in [4.69, 9.17) is 10.5 Å². The average Bonchev–Trinajstić information content (AvgIpc) is 3.07. The van der Waals surface area contributed by atoms with Gasteiger partial charge in [0.25, 0.3) is 0 Å². The van der Waals surface area contributed by atoms with Gasteiger partial charge in [-0.2, -0.15) is 4.68 Å². The van der Waals surface area contributed by atoms with E-state index in [1.807, 2.05) is 13.8 Å². The highest BCUT2D eigenvalue weighted by atomic mass is 16.5. The van der Waals surface area contributed by atoms with E-state index in [0.29, 0.717) is 17.1 Å². The third-order valence-corrected chi connectivity index (χ3v) is 3.60. The molecule has 8 nitrogen and oxygen atoms in total. The highest BCUT2D eigenvalue weighted by Gasteiger charge is 2.20. The monoisotopic (exact) mass is 304 g/mol. The fourth-order valence-electron chi connectivity index (χ4n) is 1.96. The van der Waals surface area contributed by atoms with Gasteiger partial charge in [0, 0.05) is 5.69 Å². The van der Waals surface area contributed by atoms with Crippen LogP contribution >= 0.6 is 0 Å². The Kier molecular flexibility index (Phi) is 5.05. The smallest absolute Gasteiger partial charge is 0.241 e. The first-order valence-electron chi connectivity index (χ1n) is 7.04. The molecule has 0 saturated carbocycles. The fourth-order valence-corrected chi connectivity index (χ4v) is 1.96. The summed E-state index contributed by atoms with van der Waals surface area (Å²) in [5, 5.41) is 13.8. The first-order chi connectivity index (χ1) is 10.6. The van der Waals surface area contributed by atoms with Gasteiger partial charge < -0.3 is 15.8 Å². The van der Waals surface area contributed by atoms with Crippen molar-refractivity contribution in [2.75, 3.05) is 12.4 Å². The van der Waals surface area contributed by atoms with Crippen LogP contribution in [0.3, 0.4) is 0 Å².